The van der Waals surface area contributed by atoms with Gasteiger partial charge in [0.1, 0.15) is 0 Å². The standard InChI is InChI=1S/K.H2OS.3V/c;1-2;;;/h;1-2H;;;/q+1;;;;/p-1. The van der Waals surface area contributed by atoms with Crippen LogP contribution in [0.25, 0.3) is 0 Å². The van der Waals surface area contributed by atoms with Crippen LogP contribution in [0.4, 0.5) is 0 Å². The molecule has 0 spiro atoms. The molecule has 0 aromatic rings. The van der Waals surface area contributed by atoms with Crippen LogP contribution in [0.2, 0.25) is 0 Å². The average molecular weight is 241 g/mol. The molecule has 0 fully saturated rings. The van der Waals surface area contributed by atoms with Crippen LogP contribution in [0.15, 0.2) is 0 Å². The van der Waals surface area contributed by atoms with Crippen molar-refractivity contribution in [3.8, 4) is 0 Å². The van der Waals surface area contributed by atoms with Crippen molar-refractivity contribution < 1.29 is 112 Å². The summed E-state index contributed by atoms with van der Waals surface area (Å²) in [7, 11) is 0. The molecule has 0 aliphatic carbocycles. The molecule has 0 aromatic carbocycles. The van der Waals surface area contributed by atoms with Gasteiger partial charge in [0.15, 0.2) is 0 Å². The smallest absolute Gasteiger partial charge is 0.628 e. The van der Waals surface area contributed by atoms with Gasteiger partial charge < -0.3 is 17.5 Å². The zero-order chi connectivity index (χ0) is 2.00. The van der Waals surface area contributed by atoms with Crippen LogP contribution >= 0.6 is 0 Å². The van der Waals surface area contributed by atoms with E-state index in [1.165, 1.54) is 0 Å². The summed E-state index contributed by atoms with van der Waals surface area (Å²) >= 11 is 3.08. The van der Waals surface area contributed by atoms with Crippen molar-refractivity contribution >= 4 is 12.9 Å². The van der Waals surface area contributed by atoms with Gasteiger partial charge in [-0.3, -0.25) is 0 Å². The minimum absolute atomic E-state index is 0. The summed E-state index contributed by atoms with van der Waals surface area (Å²) < 4.78 is 6.58. The first kappa shape index (κ1) is 33.2. The van der Waals surface area contributed by atoms with Gasteiger partial charge in [0, 0.05) is 55.7 Å². The van der Waals surface area contributed by atoms with Crippen molar-refractivity contribution in [3.05, 3.63) is 0 Å². The Morgan fingerprint density at radius 3 is 0.833 bits per heavy atom. The number of hydrogen-bond acceptors (Lipinski definition) is 2. The minimum atomic E-state index is 0. The molecule has 6 heteroatoms. The first-order valence-electron chi connectivity index (χ1n) is 0.183. The molecule has 0 bridgehead atoms. The molecule has 0 aliphatic rings. The van der Waals surface area contributed by atoms with Gasteiger partial charge in [-0.1, -0.05) is 0 Å². The fraction of sp³-hybridized carbons (Fsp3) is 0. The van der Waals surface area contributed by atoms with Gasteiger partial charge in [-0.2, -0.15) is 0 Å². The quantitative estimate of drug-likeness (QED) is 0.360. The van der Waals surface area contributed by atoms with Crippen molar-refractivity contribution in [2.24, 2.45) is 0 Å². The van der Waals surface area contributed by atoms with Crippen molar-refractivity contribution in [2.75, 3.05) is 0 Å². The Morgan fingerprint density at radius 1 is 0.833 bits per heavy atom. The predicted molar refractivity (Wildman–Crippen MR) is 9.99 cm³/mol. The molecule has 0 amide bonds. The molecule has 1 N–H and O–H groups in total. The molecule has 6 heavy (non-hydrogen) atoms. The van der Waals surface area contributed by atoms with Gasteiger partial charge in [-0.25, -0.2) is 0 Å². The maximum Gasteiger partial charge on any atom is 1.00 e. The van der Waals surface area contributed by atoms with Gasteiger partial charge in [0.25, 0.3) is 0 Å². The Labute approximate surface area is 121 Å². The fourth-order valence-electron chi connectivity index (χ4n) is 0. The largest absolute Gasteiger partial charge is 1.00 e. The van der Waals surface area contributed by atoms with E-state index in [1.807, 2.05) is 0 Å². The summed E-state index contributed by atoms with van der Waals surface area (Å²) in [5, 5.41) is 0. The normalized spacial score (nSPS) is 1.00. The molecule has 29 valence electrons. The van der Waals surface area contributed by atoms with Gasteiger partial charge in [-0.05, 0) is 0 Å². The number of rotatable bonds is 0. The first-order chi connectivity index (χ1) is 1.00. The zero-order valence-corrected chi connectivity index (χ0v) is 11.3. The monoisotopic (exact) mass is 241 g/mol. The Bertz CT molecular complexity index is 10.8. The van der Waals surface area contributed by atoms with E-state index in [0.717, 1.165) is 0 Å². The summed E-state index contributed by atoms with van der Waals surface area (Å²) in [6, 6.07) is 0. The molecule has 0 heterocycles. The third-order valence-electron chi connectivity index (χ3n) is 0. The third-order valence-corrected chi connectivity index (χ3v) is 0. The molecule has 0 saturated carbocycles. The van der Waals surface area contributed by atoms with Gasteiger partial charge in [0.2, 0.25) is 0 Å². The van der Waals surface area contributed by atoms with Crippen LogP contribution in [0.1, 0.15) is 0 Å². The van der Waals surface area contributed by atoms with Crippen LogP contribution in [0.3, 0.4) is 0 Å². The maximum atomic E-state index is 6.58. The Morgan fingerprint density at radius 2 is 0.833 bits per heavy atom. The Balaban J connectivity index is -0.000000000833. The fourth-order valence-corrected chi connectivity index (χ4v) is 0. The molecule has 0 aromatic heterocycles. The average Bonchev–Trinajstić information content (AvgIpc) is 1.00. The molecular formula is HKOSV3. The molecule has 0 unspecified atom stereocenters. The SMILES string of the molecule is O[S-].[K+].[V].[V].[V]. The van der Waals surface area contributed by atoms with Crippen molar-refractivity contribution in [1.82, 2.24) is 0 Å². The van der Waals surface area contributed by atoms with Crippen LogP contribution in [-0.4, -0.2) is 4.55 Å². The van der Waals surface area contributed by atoms with E-state index in [0.29, 0.717) is 0 Å². The molecule has 0 atom stereocenters. The van der Waals surface area contributed by atoms with Gasteiger partial charge in [0.05, 0.1) is 0 Å². The summed E-state index contributed by atoms with van der Waals surface area (Å²) in [6.07, 6.45) is 0. The van der Waals surface area contributed by atoms with E-state index in [1.54, 1.807) is 0 Å². The molecule has 0 rings (SSSR count). The zero-order valence-electron chi connectivity index (χ0n) is 3.20. The Kier molecular flexibility index (Phi) is 209. The summed E-state index contributed by atoms with van der Waals surface area (Å²) in [6.45, 7) is 0. The molecule has 3 radical (unpaired) electrons. The third kappa shape index (κ3) is 25.2. The summed E-state index contributed by atoms with van der Waals surface area (Å²) in [4.78, 5) is 0. The minimum Gasteiger partial charge on any atom is -0.628 e. The van der Waals surface area contributed by atoms with Crippen LogP contribution in [0.5, 0.6) is 0 Å². The second kappa shape index (κ2) is 37.7. The summed E-state index contributed by atoms with van der Waals surface area (Å²) in [5.41, 5.74) is 0. The van der Waals surface area contributed by atoms with E-state index in [-0.39, 0.29) is 107 Å². The molecular weight excluding hydrogens is 240 g/mol. The first-order valence-corrected chi connectivity index (χ1v) is 0.548. The van der Waals surface area contributed by atoms with E-state index in [2.05, 4.69) is 12.9 Å². The van der Waals surface area contributed by atoms with Crippen molar-refractivity contribution in [1.29, 1.82) is 0 Å². The molecule has 1 nitrogen and oxygen atoms in total. The maximum absolute atomic E-state index is 6.58. The van der Waals surface area contributed by atoms with E-state index in [4.69, 9.17) is 4.55 Å². The van der Waals surface area contributed by atoms with Crippen molar-refractivity contribution in [3.63, 3.8) is 0 Å². The number of hydrogen-bond donors (Lipinski definition) is 1. The van der Waals surface area contributed by atoms with Crippen LogP contribution in [-0.2, 0) is 68.6 Å². The van der Waals surface area contributed by atoms with Crippen molar-refractivity contribution in [2.45, 2.75) is 0 Å². The van der Waals surface area contributed by atoms with E-state index in [9.17, 15) is 0 Å². The predicted octanol–water partition coefficient (Wildman–Crippen LogP) is -3.00. The second-order valence-electron chi connectivity index (χ2n) is 0. The van der Waals surface area contributed by atoms with E-state index >= 15 is 0 Å². The van der Waals surface area contributed by atoms with Crippen LogP contribution < -0.4 is 51.4 Å². The van der Waals surface area contributed by atoms with Gasteiger partial charge in [-0.15, -0.1) is 0 Å². The summed E-state index contributed by atoms with van der Waals surface area (Å²) in [5.74, 6) is 0. The molecule has 0 aliphatic heterocycles. The van der Waals surface area contributed by atoms with Gasteiger partial charge >= 0.3 is 51.4 Å². The van der Waals surface area contributed by atoms with Crippen LogP contribution in [0, 0.1) is 0 Å². The molecule has 0 saturated heterocycles. The van der Waals surface area contributed by atoms with E-state index < -0.39 is 0 Å². The second-order valence-corrected chi connectivity index (χ2v) is 0. The Hall–Kier alpha value is 3.70. The topological polar surface area (TPSA) is 20.2 Å².